The van der Waals surface area contributed by atoms with E-state index in [1.54, 1.807) is 18.3 Å². The molecular weight excluding hydrogens is 380 g/mol. The molecule has 0 spiro atoms. The quantitative estimate of drug-likeness (QED) is 0.594. The molecule has 2 bridgehead atoms. The summed E-state index contributed by atoms with van der Waals surface area (Å²) in [7, 11) is 0. The summed E-state index contributed by atoms with van der Waals surface area (Å²) in [5.74, 6) is -0.692. The van der Waals surface area contributed by atoms with Crippen molar-refractivity contribution in [3.8, 4) is 0 Å². The summed E-state index contributed by atoms with van der Waals surface area (Å²) >= 11 is 0. The molecule has 1 saturated carbocycles. The van der Waals surface area contributed by atoms with Gasteiger partial charge in [0.05, 0.1) is 23.7 Å². The second-order valence-electron chi connectivity index (χ2n) is 8.09. The lowest BCUT2D eigenvalue weighted by Crippen LogP contribution is -2.53. The predicted molar refractivity (Wildman–Crippen MR) is 110 cm³/mol. The van der Waals surface area contributed by atoms with Gasteiger partial charge < -0.3 is 10.6 Å². The number of rotatable bonds is 5. The van der Waals surface area contributed by atoms with Gasteiger partial charge in [0.1, 0.15) is 6.17 Å². The maximum Gasteiger partial charge on any atom is 0.320 e. The Morgan fingerprint density at radius 3 is 2.37 bits per heavy atom. The molecule has 1 aliphatic heterocycles. The van der Waals surface area contributed by atoms with Gasteiger partial charge in [-0.15, -0.1) is 0 Å². The van der Waals surface area contributed by atoms with Crippen molar-refractivity contribution in [2.75, 3.05) is 5.32 Å². The fraction of sp³-hybridized carbons (Fsp3) is 0.304. The zero-order valence-electron chi connectivity index (χ0n) is 16.3. The van der Waals surface area contributed by atoms with Gasteiger partial charge in [0.2, 0.25) is 11.8 Å². The number of nitrogens with zero attached hydrogens (tertiary/aromatic N) is 2. The van der Waals surface area contributed by atoms with Gasteiger partial charge in [0, 0.05) is 12.6 Å². The first kappa shape index (κ1) is 18.5. The van der Waals surface area contributed by atoms with Gasteiger partial charge in [-0.1, -0.05) is 42.5 Å². The first-order chi connectivity index (χ1) is 14.6. The standard InChI is InChI=1S/C23H22N4O3/c28-21-19-15-8-9-16(12-15)20(19)22(29)27(21)18(11-14-5-2-1-3-6-14)26-23(30)25-17-7-4-10-24-13-17/h1-10,13,15-16,18-20H,11-12H2,(H2,25,26,30). The fourth-order valence-electron chi connectivity index (χ4n) is 5.03. The van der Waals surface area contributed by atoms with Crippen LogP contribution in [-0.2, 0) is 16.0 Å². The number of aromatic nitrogens is 1. The molecule has 30 heavy (non-hydrogen) atoms. The van der Waals surface area contributed by atoms with Crippen molar-refractivity contribution >= 4 is 23.5 Å². The number of hydrogen-bond donors (Lipinski definition) is 2. The molecule has 5 atom stereocenters. The van der Waals surface area contributed by atoms with Gasteiger partial charge in [-0.3, -0.25) is 19.5 Å². The monoisotopic (exact) mass is 402 g/mol. The summed E-state index contributed by atoms with van der Waals surface area (Å²) in [6, 6.07) is 12.5. The molecule has 7 nitrogen and oxygen atoms in total. The van der Waals surface area contributed by atoms with E-state index in [1.807, 2.05) is 30.3 Å². The smallest absolute Gasteiger partial charge is 0.317 e. The van der Waals surface area contributed by atoms with Crippen LogP contribution in [0.15, 0.2) is 67.0 Å². The molecule has 2 aromatic rings. The Balaban J connectivity index is 1.39. The van der Waals surface area contributed by atoms with Crippen LogP contribution in [-0.4, -0.2) is 33.9 Å². The molecule has 3 aliphatic rings. The Morgan fingerprint density at radius 1 is 1.03 bits per heavy atom. The average molecular weight is 402 g/mol. The topological polar surface area (TPSA) is 91.4 Å². The highest BCUT2D eigenvalue weighted by molar-refractivity contribution is 6.07. The third-order valence-electron chi connectivity index (χ3n) is 6.31. The summed E-state index contributed by atoms with van der Waals surface area (Å²) in [6.45, 7) is 0. The second kappa shape index (κ2) is 7.40. The highest BCUT2D eigenvalue weighted by Crippen LogP contribution is 2.52. The van der Waals surface area contributed by atoms with Gasteiger partial charge in [-0.25, -0.2) is 4.79 Å². The summed E-state index contributed by atoms with van der Waals surface area (Å²) in [5, 5.41) is 5.56. The van der Waals surface area contributed by atoms with E-state index in [4.69, 9.17) is 0 Å². The number of benzene rings is 1. The van der Waals surface area contributed by atoms with Crippen LogP contribution >= 0.6 is 0 Å². The number of urea groups is 1. The second-order valence-corrected chi connectivity index (χ2v) is 8.09. The van der Waals surface area contributed by atoms with Crippen LogP contribution in [0.3, 0.4) is 0 Å². The minimum Gasteiger partial charge on any atom is -0.317 e. The van der Waals surface area contributed by atoms with Crippen molar-refractivity contribution in [1.29, 1.82) is 0 Å². The first-order valence-electron chi connectivity index (χ1n) is 10.2. The number of allylic oxidation sites excluding steroid dienone is 2. The molecular formula is C23H22N4O3. The number of hydrogen-bond acceptors (Lipinski definition) is 4. The third kappa shape index (κ3) is 3.16. The maximum absolute atomic E-state index is 13.2. The third-order valence-corrected chi connectivity index (χ3v) is 6.31. The predicted octanol–water partition coefficient (Wildman–Crippen LogP) is 2.58. The molecule has 1 saturated heterocycles. The lowest BCUT2D eigenvalue weighted by atomic mass is 9.85. The minimum atomic E-state index is -0.755. The molecule has 5 rings (SSSR count). The van der Waals surface area contributed by atoms with Crippen molar-refractivity contribution in [3.63, 3.8) is 0 Å². The number of nitrogens with one attached hydrogen (secondary N) is 2. The number of pyridine rings is 1. The highest BCUT2D eigenvalue weighted by atomic mass is 16.2. The van der Waals surface area contributed by atoms with E-state index in [0.717, 1.165) is 12.0 Å². The number of carbonyl (C=O) groups is 3. The van der Waals surface area contributed by atoms with Crippen LogP contribution in [0.4, 0.5) is 10.5 Å². The highest BCUT2D eigenvalue weighted by Gasteiger charge is 2.60. The molecule has 1 aromatic carbocycles. The van der Waals surface area contributed by atoms with Crippen LogP contribution in [0.2, 0.25) is 0 Å². The molecule has 2 N–H and O–H groups in total. The van der Waals surface area contributed by atoms with Crippen molar-refractivity contribution in [2.45, 2.75) is 19.0 Å². The Labute approximate surface area is 174 Å². The van der Waals surface area contributed by atoms with Crippen LogP contribution in [0.5, 0.6) is 0 Å². The van der Waals surface area contributed by atoms with E-state index in [1.165, 1.54) is 11.1 Å². The number of imide groups is 1. The van der Waals surface area contributed by atoms with Crippen LogP contribution in [0.1, 0.15) is 12.0 Å². The summed E-state index contributed by atoms with van der Waals surface area (Å²) in [5.41, 5.74) is 1.47. The van der Waals surface area contributed by atoms with Crippen molar-refractivity contribution in [2.24, 2.45) is 23.7 Å². The van der Waals surface area contributed by atoms with Gasteiger partial charge >= 0.3 is 6.03 Å². The number of anilines is 1. The molecule has 1 aromatic heterocycles. The Kier molecular flexibility index (Phi) is 4.58. The van der Waals surface area contributed by atoms with E-state index in [9.17, 15) is 14.4 Å². The van der Waals surface area contributed by atoms with E-state index >= 15 is 0 Å². The Morgan fingerprint density at radius 2 is 1.73 bits per heavy atom. The molecule has 4 amide bonds. The van der Waals surface area contributed by atoms with Crippen LogP contribution < -0.4 is 10.6 Å². The zero-order valence-corrected chi connectivity index (χ0v) is 16.3. The number of likely N-dealkylation sites (tertiary alicyclic amines) is 1. The molecule has 2 heterocycles. The van der Waals surface area contributed by atoms with Crippen LogP contribution in [0.25, 0.3) is 0 Å². The minimum absolute atomic E-state index is 0.128. The van der Waals surface area contributed by atoms with Crippen molar-refractivity contribution < 1.29 is 14.4 Å². The van der Waals surface area contributed by atoms with Gasteiger partial charge in [0.25, 0.3) is 0 Å². The van der Waals surface area contributed by atoms with E-state index in [-0.39, 0.29) is 35.5 Å². The molecule has 5 unspecified atom stereocenters. The molecule has 7 heteroatoms. The Bertz CT molecular complexity index is 978. The van der Waals surface area contributed by atoms with Crippen molar-refractivity contribution in [1.82, 2.24) is 15.2 Å². The average Bonchev–Trinajstić information content (AvgIpc) is 3.43. The lowest BCUT2D eigenvalue weighted by molar-refractivity contribution is -0.143. The molecule has 152 valence electrons. The van der Waals surface area contributed by atoms with E-state index in [0.29, 0.717) is 12.1 Å². The first-order valence-corrected chi connectivity index (χ1v) is 10.2. The lowest BCUT2D eigenvalue weighted by Gasteiger charge is -2.29. The number of amides is 4. The largest absolute Gasteiger partial charge is 0.320 e. The van der Waals surface area contributed by atoms with E-state index in [2.05, 4.69) is 27.8 Å². The Hall–Kier alpha value is -3.48. The fourth-order valence-corrected chi connectivity index (χ4v) is 5.03. The molecule has 2 fully saturated rings. The van der Waals surface area contributed by atoms with Gasteiger partial charge in [-0.05, 0) is 36.0 Å². The number of fused-ring (bicyclic) bond motifs is 5. The van der Waals surface area contributed by atoms with Gasteiger partial charge in [0.15, 0.2) is 0 Å². The molecule has 0 radical (unpaired) electrons. The maximum atomic E-state index is 13.2. The number of carbonyl (C=O) groups excluding carboxylic acids is 3. The van der Waals surface area contributed by atoms with Gasteiger partial charge in [-0.2, -0.15) is 0 Å². The summed E-state index contributed by atoms with van der Waals surface area (Å²) in [4.78, 5) is 44.4. The van der Waals surface area contributed by atoms with E-state index < -0.39 is 12.2 Å². The zero-order chi connectivity index (χ0) is 20.7. The summed E-state index contributed by atoms with van der Waals surface area (Å²) < 4.78 is 0. The summed E-state index contributed by atoms with van der Waals surface area (Å²) in [6.07, 6.45) is 7.74. The van der Waals surface area contributed by atoms with Crippen molar-refractivity contribution in [3.05, 3.63) is 72.6 Å². The normalized spacial score (nSPS) is 27.3. The molecule has 2 aliphatic carbocycles. The van der Waals surface area contributed by atoms with Crippen LogP contribution in [0, 0.1) is 23.7 Å². The SMILES string of the molecule is O=C(Nc1cccnc1)NC(Cc1ccccc1)N1C(=O)C2C3C=CC(C3)C2C1=O.